The Hall–Kier alpha value is -0.770. The lowest BCUT2D eigenvalue weighted by atomic mass is 9.93. The molecule has 3 rings (SSSR count). The van der Waals surface area contributed by atoms with E-state index in [-0.39, 0.29) is 0 Å². The van der Waals surface area contributed by atoms with Gasteiger partial charge in [0.15, 0.2) is 0 Å². The van der Waals surface area contributed by atoms with Crippen LogP contribution in [0.4, 0.5) is 0 Å². The average Bonchev–Trinajstić information content (AvgIpc) is 3.02. The van der Waals surface area contributed by atoms with Crippen LogP contribution in [0.15, 0.2) is 42.5 Å². The van der Waals surface area contributed by atoms with E-state index in [0.717, 1.165) is 24.7 Å². The number of likely N-dealkylation sites (N-methyl/N-ethyl adjacent to an activating group) is 1. The molecule has 0 spiro atoms. The maximum Gasteiger partial charge on any atom is 0.0595 e. The molecule has 5 heteroatoms. The van der Waals surface area contributed by atoms with E-state index >= 15 is 0 Å². The number of halogens is 3. The van der Waals surface area contributed by atoms with Crippen molar-refractivity contribution in [1.82, 2.24) is 10.2 Å². The molecule has 23 heavy (non-hydrogen) atoms. The van der Waals surface area contributed by atoms with Gasteiger partial charge in [-0.3, -0.25) is 4.90 Å². The molecule has 1 aliphatic rings. The summed E-state index contributed by atoms with van der Waals surface area (Å²) in [6.07, 6.45) is 0. The van der Waals surface area contributed by atoms with E-state index in [2.05, 4.69) is 35.5 Å². The molecule has 0 radical (unpaired) electrons. The van der Waals surface area contributed by atoms with Crippen molar-refractivity contribution >= 4 is 34.8 Å². The molecule has 122 valence electrons. The first-order valence-corrected chi connectivity index (χ1v) is 8.78. The van der Waals surface area contributed by atoms with Gasteiger partial charge in [0.2, 0.25) is 0 Å². The van der Waals surface area contributed by atoms with Crippen LogP contribution in [-0.2, 0) is 6.54 Å². The third-order valence-electron chi connectivity index (χ3n) is 4.47. The highest BCUT2D eigenvalue weighted by Gasteiger charge is 2.31. The topological polar surface area (TPSA) is 15.3 Å². The number of hydrogen-bond donors (Lipinski definition) is 1. The number of nitrogens with zero attached hydrogens (tertiary/aromatic N) is 1. The van der Waals surface area contributed by atoms with Crippen molar-refractivity contribution in [3.8, 4) is 0 Å². The van der Waals surface area contributed by atoms with Crippen LogP contribution in [0.25, 0.3) is 0 Å². The summed E-state index contributed by atoms with van der Waals surface area (Å²) in [5.74, 6) is 0.405. The van der Waals surface area contributed by atoms with Gasteiger partial charge in [-0.2, -0.15) is 0 Å². The Morgan fingerprint density at radius 1 is 1.00 bits per heavy atom. The molecule has 2 nitrogen and oxygen atoms in total. The highest BCUT2D eigenvalue weighted by molar-refractivity contribution is 6.42. The summed E-state index contributed by atoms with van der Waals surface area (Å²) in [5.41, 5.74) is 2.49. The van der Waals surface area contributed by atoms with Crippen LogP contribution < -0.4 is 5.32 Å². The summed E-state index contributed by atoms with van der Waals surface area (Å²) in [6.45, 7) is 2.81. The fourth-order valence-electron chi connectivity index (χ4n) is 3.21. The minimum absolute atomic E-state index is 0.405. The molecule has 0 saturated carbocycles. The van der Waals surface area contributed by atoms with Gasteiger partial charge in [0.1, 0.15) is 0 Å². The maximum atomic E-state index is 6.19. The minimum atomic E-state index is 0.405. The monoisotopic (exact) mass is 368 g/mol. The second kappa shape index (κ2) is 7.42. The smallest absolute Gasteiger partial charge is 0.0595 e. The molecular weight excluding hydrogens is 351 g/mol. The van der Waals surface area contributed by atoms with Crippen LogP contribution in [0.5, 0.6) is 0 Å². The van der Waals surface area contributed by atoms with Crippen LogP contribution in [0.1, 0.15) is 17.0 Å². The van der Waals surface area contributed by atoms with Crippen molar-refractivity contribution in [2.24, 2.45) is 0 Å². The second-order valence-electron chi connectivity index (χ2n) is 6.05. The van der Waals surface area contributed by atoms with Gasteiger partial charge >= 0.3 is 0 Å². The van der Waals surface area contributed by atoms with E-state index in [1.807, 2.05) is 24.3 Å². The summed E-state index contributed by atoms with van der Waals surface area (Å²) < 4.78 is 0. The quantitative estimate of drug-likeness (QED) is 0.830. The minimum Gasteiger partial charge on any atom is -0.314 e. The Kier molecular flexibility index (Phi) is 5.50. The number of hydrogen-bond acceptors (Lipinski definition) is 2. The Morgan fingerprint density at radius 2 is 1.74 bits per heavy atom. The van der Waals surface area contributed by atoms with Crippen molar-refractivity contribution in [2.75, 3.05) is 20.1 Å². The van der Waals surface area contributed by atoms with E-state index in [1.165, 1.54) is 11.1 Å². The first-order chi connectivity index (χ1) is 11.0. The molecule has 2 aromatic carbocycles. The van der Waals surface area contributed by atoms with Crippen molar-refractivity contribution in [1.29, 1.82) is 0 Å². The fraction of sp³-hybridized carbons (Fsp3) is 0.333. The summed E-state index contributed by atoms with van der Waals surface area (Å²) >= 11 is 18.2. The molecule has 0 amide bonds. The summed E-state index contributed by atoms with van der Waals surface area (Å²) in [6, 6.07) is 14.4. The molecule has 1 saturated heterocycles. The second-order valence-corrected chi connectivity index (χ2v) is 7.30. The first-order valence-electron chi connectivity index (χ1n) is 7.65. The molecule has 1 fully saturated rings. The average molecular weight is 370 g/mol. The Labute approximate surface area is 152 Å². The molecule has 1 aliphatic heterocycles. The molecule has 1 heterocycles. The zero-order valence-corrected chi connectivity index (χ0v) is 15.2. The molecular formula is C18H19Cl3N2. The van der Waals surface area contributed by atoms with Gasteiger partial charge in [0, 0.05) is 36.6 Å². The number of benzene rings is 2. The molecule has 0 aliphatic carbocycles. The highest BCUT2D eigenvalue weighted by Crippen LogP contribution is 2.31. The predicted octanol–water partition coefficient (Wildman–Crippen LogP) is 4.83. The molecule has 2 aromatic rings. The zero-order chi connectivity index (χ0) is 16.4. The van der Waals surface area contributed by atoms with Crippen molar-refractivity contribution in [2.45, 2.75) is 18.5 Å². The normalized spacial score (nSPS) is 21.1. The van der Waals surface area contributed by atoms with Crippen LogP contribution in [0.2, 0.25) is 15.1 Å². The maximum absolute atomic E-state index is 6.19. The lowest BCUT2D eigenvalue weighted by Crippen LogP contribution is -2.36. The van der Waals surface area contributed by atoms with E-state index in [1.54, 1.807) is 0 Å². The van der Waals surface area contributed by atoms with E-state index in [0.29, 0.717) is 22.0 Å². The fourth-order valence-corrected chi connectivity index (χ4v) is 3.64. The number of nitrogens with one attached hydrogen (secondary N) is 1. The van der Waals surface area contributed by atoms with Crippen LogP contribution in [0.3, 0.4) is 0 Å². The van der Waals surface area contributed by atoms with Gasteiger partial charge in [-0.05, 0) is 42.4 Å². The first kappa shape index (κ1) is 17.1. The van der Waals surface area contributed by atoms with Gasteiger partial charge in [-0.15, -0.1) is 0 Å². The molecule has 0 bridgehead atoms. The van der Waals surface area contributed by atoms with Gasteiger partial charge in [0.05, 0.1) is 10.0 Å². The van der Waals surface area contributed by atoms with Crippen molar-refractivity contribution in [3.05, 3.63) is 68.7 Å². The van der Waals surface area contributed by atoms with Gasteiger partial charge in [0.25, 0.3) is 0 Å². The Balaban J connectivity index is 1.75. The van der Waals surface area contributed by atoms with E-state index in [9.17, 15) is 0 Å². The third kappa shape index (κ3) is 4.01. The molecule has 1 N–H and O–H groups in total. The SMILES string of the molecule is CN(Cc1ccc(Cl)cc1)[C@H]1CNC[C@@H]1c1ccc(Cl)c(Cl)c1. The summed E-state index contributed by atoms with van der Waals surface area (Å²) in [7, 11) is 2.16. The molecule has 2 atom stereocenters. The molecule has 0 unspecified atom stereocenters. The summed E-state index contributed by atoms with van der Waals surface area (Å²) in [5, 5.41) is 5.49. The third-order valence-corrected chi connectivity index (χ3v) is 5.46. The van der Waals surface area contributed by atoms with E-state index in [4.69, 9.17) is 34.8 Å². The lowest BCUT2D eigenvalue weighted by molar-refractivity contribution is 0.232. The van der Waals surface area contributed by atoms with Gasteiger partial charge in [-0.25, -0.2) is 0 Å². The Bertz CT molecular complexity index is 672. The molecule has 0 aromatic heterocycles. The summed E-state index contributed by atoms with van der Waals surface area (Å²) in [4.78, 5) is 2.39. The number of rotatable bonds is 4. The van der Waals surface area contributed by atoms with Crippen LogP contribution >= 0.6 is 34.8 Å². The highest BCUT2D eigenvalue weighted by atomic mass is 35.5. The zero-order valence-electron chi connectivity index (χ0n) is 12.9. The lowest BCUT2D eigenvalue weighted by Gasteiger charge is -2.29. The van der Waals surface area contributed by atoms with E-state index < -0.39 is 0 Å². The Morgan fingerprint density at radius 3 is 2.43 bits per heavy atom. The standard InChI is InChI=1S/C18H19Cl3N2/c1-23(11-12-2-5-14(19)6-3-12)18-10-22-9-15(18)13-4-7-16(20)17(21)8-13/h2-8,15,18,22H,9-11H2,1H3/t15-,18+/m1/s1. The van der Waals surface area contributed by atoms with Gasteiger partial charge in [-0.1, -0.05) is 53.0 Å². The van der Waals surface area contributed by atoms with Crippen molar-refractivity contribution < 1.29 is 0 Å². The van der Waals surface area contributed by atoms with Crippen LogP contribution in [-0.4, -0.2) is 31.1 Å². The van der Waals surface area contributed by atoms with Gasteiger partial charge < -0.3 is 5.32 Å². The predicted molar refractivity (Wildman–Crippen MR) is 98.8 cm³/mol. The van der Waals surface area contributed by atoms with Crippen LogP contribution in [0, 0.1) is 0 Å². The largest absolute Gasteiger partial charge is 0.314 e. The van der Waals surface area contributed by atoms with Crippen molar-refractivity contribution in [3.63, 3.8) is 0 Å².